The zero-order valence-electron chi connectivity index (χ0n) is 9.45. The van der Waals surface area contributed by atoms with Crippen LogP contribution in [-0.2, 0) is 0 Å². The molecule has 0 aliphatic heterocycles. The normalized spacial score (nSPS) is 9.63. The van der Waals surface area contributed by atoms with Crippen molar-refractivity contribution in [2.45, 2.75) is 0 Å². The van der Waals surface area contributed by atoms with E-state index in [2.05, 4.69) is 15.5 Å². The third-order valence-electron chi connectivity index (χ3n) is 2.29. The number of hydrogen-bond acceptors (Lipinski definition) is 5. The van der Waals surface area contributed by atoms with Crippen LogP contribution in [0.5, 0.6) is 0 Å². The Kier molecular flexibility index (Phi) is 3.20. The minimum Gasteiger partial charge on any atom is -0.358 e. The molecule has 8 nitrogen and oxygen atoms in total. The number of nitriles is 1. The average Bonchev–Trinajstić information content (AvgIpc) is 2.89. The highest BCUT2D eigenvalue weighted by Gasteiger charge is 2.17. The predicted molar refractivity (Wildman–Crippen MR) is 64.4 cm³/mol. The number of rotatable bonds is 3. The number of nitrogens with one attached hydrogen (secondary N) is 2. The summed E-state index contributed by atoms with van der Waals surface area (Å²) >= 11 is 0. The summed E-state index contributed by atoms with van der Waals surface area (Å²) in [6, 6.07) is 9.36. The van der Waals surface area contributed by atoms with Crippen molar-refractivity contribution in [2.24, 2.45) is 0 Å². The van der Waals surface area contributed by atoms with Crippen LogP contribution < -0.4 is 5.32 Å². The summed E-state index contributed by atoms with van der Waals surface area (Å²) in [6.45, 7) is 0. The highest BCUT2D eigenvalue weighted by atomic mass is 16.6. The molecule has 1 aromatic carbocycles. The van der Waals surface area contributed by atoms with Gasteiger partial charge in [0, 0.05) is 0 Å². The van der Waals surface area contributed by atoms with E-state index >= 15 is 0 Å². The number of nitro groups is 1. The van der Waals surface area contributed by atoms with Crippen LogP contribution in [0, 0.1) is 21.4 Å². The third kappa shape index (κ3) is 2.55. The van der Waals surface area contributed by atoms with Crippen molar-refractivity contribution in [3.63, 3.8) is 0 Å². The first-order chi connectivity index (χ1) is 9.11. The van der Waals surface area contributed by atoms with E-state index in [4.69, 9.17) is 5.26 Å². The van der Waals surface area contributed by atoms with Crippen molar-refractivity contribution in [1.29, 1.82) is 5.26 Å². The van der Waals surface area contributed by atoms with Crippen molar-refractivity contribution < 1.29 is 9.72 Å². The number of carbonyl (C=O) groups is 1. The fraction of sp³-hybridized carbons (Fsp3) is 0. The number of nitrogens with zero attached hydrogens (tertiary/aromatic N) is 3. The van der Waals surface area contributed by atoms with Gasteiger partial charge in [-0.2, -0.15) is 5.26 Å². The summed E-state index contributed by atoms with van der Waals surface area (Å²) in [6.07, 6.45) is 0. The molecule has 2 N–H and O–H groups in total. The van der Waals surface area contributed by atoms with Crippen LogP contribution in [0.25, 0.3) is 0 Å². The molecule has 0 aliphatic carbocycles. The molecule has 1 amide bonds. The Bertz CT molecular complexity index is 686. The highest BCUT2D eigenvalue weighted by molar-refractivity contribution is 6.03. The topological polar surface area (TPSA) is 125 Å². The van der Waals surface area contributed by atoms with Crippen molar-refractivity contribution in [1.82, 2.24) is 10.2 Å². The van der Waals surface area contributed by atoms with E-state index in [-0.39, 0.29) is 11.5 Å². The van der Waals surface area contributed by atoms with Gasteiger partial charge in [0.2, 0.25) is 0 Å². The summed E-state index contributed by atoms with van der Waals surface area (Å²) in [4.78, 5) is 21.6. The van der Waals surface area contributed by atoms with Crippen molar-refractivity contribution >= 4 is 17.4 Å². The van der Waals surface area contributed by atoms with Crippen LogP contribution in [-0.4, -0.2) is 21.0 Å². The lowest BCUT2D eigenvalue weighted by Crippen LogP contribution is -2.13. The van der Waals surface area contributed by atoms with Crippen molar-refractivity contribution in [3.8, 4) is 6.07 Å². The van der Waals surface area contributed by atoms with E-state index in [0.29, 0.717) is 11.3 Å². The van der Waals surface area contributed by atoms with Crippen LogP contribution in [0.3, 0.4) is 0 Å². The molecule has 2 rings (SSSR count). The maximum atomic E-state index is 11.8. The van der Waals surface area contributed by atoms with Crippen LogP contribution >= 0.6 is 0 Å². The molecule has 2 aromatic rings. The van der Waals surface area contributed by atoms with Gasteiger partial charge in [-0.1, -0.05) is 17.2 Å². The van der Waals surface area contributed by atoms with Crippen LogP contribution in [0.1, 0.15) is 16.1 Å². The molecule has 1 aromatic heterocycles. The Morgan fingerprint density at radius 1 is 1.47 bits per heavy atom. The number of aromatic nitrogens is 2. The average molecular weight is 257 g/mol. The molecule has 0 spiro atoms. The highest BCUT2D eigenvalue weighted by Crippen LogP contribution is 2.15. The second-order valence-electron chi connectivity index (χ2n) is 3.51. The molecule has 19 heavy (non-hydrogen) atoms. The monoisotopic (exact) mass is 257 g/mol. The van der Waals surface area contributed by atoms with Crippen molar-refractivity contribution in [3.05, 3.63) is 51.7 Å². The second kappa shape index (κ2) is 4.97. The third-order valence-corrected chi connectivity index (χ3v) is 2.29. The first-order valence-corrected chi connectivity index (χ1v) is 5.12. The summed E-state index contributed by atoms with van der Waals surface area (Å²) in [5.41, 5.74) is 0.487. The number of anilines is 1. The predicted octanol–water partition coefficient (Wildman–Crippen LogP) is 1.44. The summed E-state index contributed by atoms with van der Waals surface area (Å²) in [5.74, 6) is -1.01. The van der Waals surface area contributed by atoms with Gasteiger partial charge in [-0.3, -0.25) is 4.79 Å². The first-order valence-electron chi connectivity index (χ1n) is 5.12. The fourth-order valence-corrected chi connectivity index (χ4v) is 1.40. The van der Waals surface area contributed by atoms with Crippen LogP contribution in [0.2, 0.25) is 0 Å². The maximum absolute atomic E-state index is 11.8. The zero-order chi connectivity index (χ0) is 13.8. The molecule has 0 radical (unpaired) electrons. The molecule has 0 saturated heterocycles. The van der Waals surface area contributed by atoms with E-state index in [1.807, 2.05) is 6.07 Å². The summed E-state index contributed by atoms with van der Waals surface area (Å²) in [7, 11) is 0. The van der Waals surface area contributed by atoms with Gasteiger partial charge in [0.1, 0.15) is 6.07 Å². The lowest BCUT2D eigenvalue weighted by Gasteiger charge is -2.03. The lowest BCUT2D eigenvalue weighted by atomic mass is 10.2. The molecule has 0 atom stereocenters. The lowest BCUT2D eigenvalue weighted by molar-refractivity contribution is -0.389. The Balaban J connectivity index is 2.21. The first kappa shape index (κ1) is 12.3. The minimum atomic E-state index is -0.687. The molecule has 0 bridgehead atoms. The van der Waals surface area contributed by atoms with Gasteiger partial charge in [-0.15, -0.1) is 5.10 Å². The molecule has 0 unspecified atom stereocenters. The molecule has 0 saturated carbocycles. The van der Waals surface area contributed by atoms with Gasteiger partial charge in [0.15, 0.2) is 5.69 Å². The van der Waals surface area contributed by atoms with Gasteiger partial charge in [0.05, 0.1) is 17.3 Å². The van der Waals surface area contributed by atoms with E-state index in [1.165, 1.54) is 0 Å². The number of hydrogen-bond donors (Lipinski definition) is 2. The van der Waals surface area contributed by atoms with E-state index in [9.17, 15) is 14.9 Å². The molecule has 8 heteroatoms. The SMILES string of the molecule is N#Cc1ccccc1NC(=O)c1cc([N+](=O)[O-])[nH]n1. The Morgan fingerprint density at radius 3 is 2.84 bits per heavy atom. The number of benzene rings is 1. The quantitative estimate of drug-likeness (QED) is 0.635. The van der Waals surface area contributed by atoms with E-state index < -0.39 is 10.8 Å². The zero-order valence-corrected chi connectivity index (χ0v) is 9.45. The van der Waals surface area contributed by atoms with E-state index in [0.717, 1.165) is 6.07 Å². The van der Waals surface area contributed by atoms with Crippen LogP contribution in [0.15, 0.2) is 30.3 Å². The second-order valence-corrected chi connectivity index (χ2v) is 3.51. The number of H-pyrrole nitrogens is 1. The fourth-order valence-electron chi connectivity index (χ4n) is 1.40. The van der Waals surface area contributed by atoms with Gasteiger partial charge >= 0.3 is 5.82 Å². The number of carbonyl (C=O) groups excluding carboxylic acids is 1. The molecule has 0 aliphatic rings. The van der Waals surface area contributed by atoms with Gasteiger partial charge in [-0.25, -0.2) is 0 Å². The Hall–Kier alpha value is -3.21. The van der Waals surface area contributed by atoms with Gasteiger partial charge in [0.25, 0.3) is 5.91 Å². The Labute approximate surface area is 106 Å². The van der Waals surface area contributed by atoms with E-state index in [1.54, 1.807) is 24.3 Å². The molecular formula is C11H7N5O3. The van der Waals surface area contributed by atoms with Crippen molar-refractivity contribution in [2.75, 3.05) is 5.32 Å². The number of aromatic amines is 1. The molecule has 1 heterocycles. The standard InChI is InChI=1S/C11H7N5O3/c12-6-7-3-1-2-4-8(7)13-11(17)9-5-10(15-14-9)16(18)19/h1-5H,(H,13,17)(H,14,15). The molecule has 0 fully saturated rings. The molecular weight excluding hydrogens is 250 g/mol. The smallest absolute Gasteiger partial charge is 0.343 e. The Morgan fingerprint density at radius 2 is 2.21 bits per heavy atom. The summed E-state index contributed by atoms with van der Waals surface area (Å²) < 4.78 is 0. The summed E-state index contributed by atoms with van der Waals surface area (Å²) in [5, 5.41) is 27.4. The van der Waals surface area contributed by atoms with Gasteiger partial charge < -0.3 is 15.4 Å². The number of amides is 1. The number of para-hydroxylation sites is 1. The molecule has 94 valence electrons. The van der Waals surface area contributed by atoms with Crippen LogP contribution in [0.4, 0.5) is 11.5 Å². The minimum absolute atomic E-state index is 0.126. The maximum Gasteiger partial charge on any atom is 0.343 e. The largest absolute Gasteiger partial charge is 0.358 e. The van der Waals surface area contributed by atoms with Gasteiger partial charge in [-0.05, 0) is 17.1 Å².